The van der Waals surface area contributed by atoms with Gasteiger partial charge in [0.2, 0.25) is 0 Å². The molecule has 0 N–H and O–H groups in total. The normalized spacial score (nSPS) is 15.6. The summed E-state index contributed by atoms with van der Waals surface area (Å²) in [4.78, 5) is 36.3. The quantitative estimate of drug-likeness (QED) is 0.763. The van der Waals surface area contributed by atoms with Crippen molar-refractivity contribution in [1.29, 1.82) is 0 Å². The van der Waals surface area contributed by atoms with Gasteiger partial charge in [0.1, 0.15) is 6.67 Å². The molecule has 1 unspecified atom stereocenters. The fourth-order valence-electron chi connectivity index (χ4n) is 2.17. The summed E-state index contributed by atoms with van der Waals surface area (Å²) in [6.07, 6.45) is 0.319. The highest BCUT2D eigenvalue weighted by Crippen LogP contribution is 2.25. The Kier molecular flexibility index (Phi) is 3.74. The molecular formula is C14H14FNO3. The molecule has 2 amide bonds. The van der Waals surface area contributed by atoms with E-state index in [1.165, 1.54) is 0 Å². The van der Waals surface area contributed by atoms with Crippen molar-refractivity contribution in [3.63, 3.8) is 0 Å². The topological polar surface area (TPSA) is 54.5 Å². The summed E-state index contributed by atoms with van der Waals surface area (Å²) >= 11 is 0. The van der Waals surface area contributed by atoms with E-state index in [1.807, 2.05) is 0 Å². The van der Waals surface area contributed by atoms with Gasteiger partial charge in [-0.1, -0.05) is 12.1 Å². The molecule has 1 aliphatic heterocycles. The molecule has 1 aliphatic rings. The molecule has 19 heavy (non-hydrogen) atoms. The Hall–Kier alpha value is -2.04. The zero-order valence-corrected chi connectivity index (χ0v) is 10.6. The van der Waals surface area contributed by atoms with Crippen LogP contribution >= 0.6 is 0 Å². The van der Waals surface area contributed by atoms with Gasteiger partial charge in [-0.05, 0) is 25.5 Å². The molecule has 5 heteroatoms. The van der Waals surface area contributed by atoms with E-state index < -0.39 is 18.5 Å². The number of amides is 2. The number of hydrogen-bond acceptors (Lipinski definition) is 3. The van der Waals surface area contributed by atoms with Crippen LogP contribution < -0.4 is 0 Å². The number of carbonyl (C=O) groups is 3. The van der Waals surface area contributed by atoms with E-state index in [2.05, 4.69) is 0 Å². The SMILES string of the molecule is CC(CCC(=O)CF)N1C(=O)c2ccccc2C1=O. The lowest BCUT2D eigenvalue weighted by Gasteiger charge is -2.21. The van der Waals surface area contributed by atoms with Gasteiger partial charge >= 0.3 is 0 Å². The van der Waals surface area contributed by atoms with Gasteiger partial charge in [0.25, 0.3) is 11.8 Å². The first kappa shape index (κ1) is 13.4. The third kappa shape index (κ3) is 2.41. The van der Waals surface area contributed by atoms with Crippen LogP contribution in [0.15, 0.2) is 24.3 Å². The predicted molar refractivity (Wildman–Crippen MR) is 66.6 cm³/mol. The number of alkyl halides is 1. The van der Waals surface area contributed by atoms with Gasteiger partial charge in [-0.15, -0.1) is 0 Å². The van der Waals surface area contributed by atoms with E-state index in [0.717, 1.165) is 4.90 Å². The van der Waals surface area contributed by atoms with Crippen molar-refractivity contribution >= 4 is 17.6 Å². The number of benzene rings is 1. The number of rotatable bonds is 5. The van der Waals surface area contributed by atoms with Crippen molar-refractivity contribution < 1.29 is 18.8 Å². The number of nitrogens with zero attached hydrogens (tertiary/aromatic N) is 1. The minimum Gasteiger partial charge on any atom is -0.297 e. The van der Waals surface area contributed by atoms with Crippen molar-refractivity contribution in [3.05, 3.63) is 35.4 Å². The Labute approximate surface area is 110 Å². The van der Waals surface area contributed by atoms with Crippen LogP contribution in [0, 0.1) is 0 Å². The third-order valence-electron chi connectivity index (χ3n) is 3.26. The zero-order valence-electron chi connectivity index (χ0n) is 10.6. The summed E-state index contributed by atoms with van der Waals surface area (Å²) in [5, 5.41) is 0. The molecular weight excluding hydrogens is 249 g/mol. The van der Waals surface area contributed by atoms with Gasteiger partial charge < -0.3 is 0 Å². The first-order chi connectivity index (χ1) is 9.06. The Morgan fingerprint density at radius 1 is 1.21 bits per heavy atom. The second-order valence-electron chi connectivity index (χ2n) is 4.59. The summed E-state index contributed by atoms with van der Waals surface area (Å²) in [6.45, 7) is 0.683. The van der Waals surface area contributed by atoms with Gasteiger partial charge in [-0.2, -0.15) is 0 Å². The molecule has 0 aliphatic carbocycles. The molecule has 0 aromatic heterocycles. The molecule has 0 saturated heterocycles. The maximum absolute atomic E-state index is 12.1. The summed E-state index contributed by atoms with van der Waals surface area (Å²) in [5.41, 5.74) is 0.771. The number of fused-ring (bicyclic) bond motifs is 1. The van der Waals surface area contributed by atoms with Crippen LogP contribution in [0.4, 0.5) is 4.39 Å². The molecule has 1 aromatic rings. The molecule has 100 valence electrons. The van der Waals surface area contributed by atoms with Crippen LogP contribution in [-0.2, 0) is 4.79 Å². The summed E-state index contributed by atoms with van der Waals surface area (Å²) in [6, 6.07) is 6.20. The standard InChI is InChI=1S/C14H14FNO3/c1-9(6-7-10(17)8-15)16-13(18)11-4-2-3-5-12(11)14(16)19/h2-5,9H,6-8H2,1H3. The molecule has 0 fully saturated rings. The van der Waals surface area contributed by atoms with Crippen LogP contribution in [0.5, 0.6) is 0 Å². The van der Waals surface area contributed by atoms with Crippen molar-refractivity contribution in [2.75, 3.05) is 6.67 Å². The summed E-state index contributed by atoms with van der Waals surface area (Å²) in [7, 11) is 0. The van der Waals surface area contributed by atoms with Crippen molar-refractivity contribution in [3.8, 4) is 0 Å². The van der Waals surface area contributed by atoms with E-state index in [9.17, 15) is 18.8 Å². The molecule has 0 saturated carbocycles. The highest BCUT2D eigenvalue weighted by molar-refractivity contribution is 6.21. The van der Waals surface area contributed by atoms with E-state index in [-0.39, 0.29) is 24.7 Å². The van der Waals surface area contributed by atoms with Gasteiger partial charge in [0.15, 0.2) is 5.78 Å². The van der Waals surface area contributed by atoms with Crippen LogP contribution in [0.2, 0.25) is 0 Å². The van der Waals surface area contributed by atoms with E-state index >= 15 is 0 Å². The number of Topliss-reactive ketones (excluding diaryl/α,β-unsaturated/α-hetero) is 1. The maximum atomic E-state index is 12.1. The second-order valence-corrected chi connectivity index (χ2v) is 4.59. The lowest BCUT2D eigenvalue weighted by molar-refractivity contribution is -0.120. The van der Waals surface area contributed by atoms with E-state index in [4.69, 9.17) is 0 Å². The number of imide groups is 1. The number of ketones is 1. The fourth-order valence-corrected chi connectivity index (χ4v) is 2.17. The summed E-state index contributed by atoms with van der Waals surface area (Å²) < 4.78 is 12.1. The minimum absolute atomic E-state index is 0.0328. The average Bonchev–Trinajstić information content (AvgIpc) is 2.68. The fraction of sp³-hybridized carbons (Fsp3) is 0.357. The lowest BCUT2D eigenvalue weighted by atomic mass is 10.1. The van der Waals surface area contributed by atoms with Crippen LogP contribution in [0.3, 0.4) is 0 Å². The Bertz CT molecular complexity index is 506. The van der Waals surface area contributed by atoms with Crippen LogP contribution in [-0.4, -0.2) is 35.2 Å². The molecule has 1 atom stereocenters. The maximum Gasteiger partial charge on any atom is 0.261 e. The van der Waals surface area contributed by atoms with Gasteiger partial charge in [-0.3, -0.25) is 19.3 Å². The van der Waals surface area contributed by atoms with E-state index in [1.54, 1.807) is 31.2 Å². The minimum atomic E-state index is -1.01. The van der Waals surface area contributed by atoms with Crippen molar-refractivity contribution in [2.45, 2.75) is 25.8 Å². The largest absolute Gasteiger partial charge is 0.297 e. The molecule has 0 bridgehead atoms. The zero-order chi connectivity index (χ0) is 14.0. The molecule has 0 spiro atoms. The lowest BCUT2D eigenvalue weighted by Crippen LogP contribution is -2.38. The Morgan fingerprint density at radius 3 is 2.21 bits per heavy atom. The Balaban J connectivity index is 2.13. The van der Waals surface area contributed by atoms with Crippen LogP contribution in [0.25, 0.3) is 0 Å². The smallest absolute Gasteiger partial charge is 0.261 e. The third-order valence-corrected chi connectivity index (χ3v) is 3.26. The molecule has 1 heterocycles. The first-order valence-electron chi connectivity index (χ1n) is 6.11. The van der Waals surface area contributed by atoms with Gasteiger partial charge in [-0.25, -0.2) is 4.39 Å². The number of hydrogen-bond donors (Lipinski definition) is 0. The van der Waals surface area contributed by atoms with E-state index in [0.29, 0.717) is 11.1 Å². The van der Waals surface area contributed by atoms with Crippen molar-refractivity contribution in [2.24, 2.45) is 0 Å². The first-order valence-corrected chi connectivity index (χ1v) is 6.11. The van der Waals surface area contributed by atoms with Gasteiger partial charge in [0.05, 0.1) is 11.1 Å². The number of halogens is 1. The number of carbonyl (C=O) groups excluding carboxylic acids is 3. The molecule has 2 rings (SSSR count). The van der Waals surface area contributed by atoms with Crippen molar-refractivity contribution in [1.82, 2.24) is 4.90 Å². The average molecular weight is 263 g/mol. The predicted octanol–water partition coefficient (Wildman–Crippen LogP) is 1.99. The molecule has 1 aromatic carbocycles. The van der Waals surface area contributed by atoms with Gasteiger partial charge in [0, 0.05) is 12.5 Å². The van der Waals surface area contributed by atoms with Crippen LogP contribution in [0.1, 0.15) is 40.5 Å². The second kappa shape index (κ2) is 5.30. The highest BCUT2D eigenvalue weighted by Gasteiger charge is 2.37. The highest BCUT2D eigenvalue weighted by atomic mass is 19.1. The Morgan fingerprint density at radius 2 is 1.74 bits per heavy atom. The molecule has 4 nitrogen and oxygen atoms in total. The monoisotopic (exact) mass is 263 g/mol. The summed E-state index contributed by atoms with van der Waals surface area (Å²) in [5.74, 6) is -1.20. The molecule has 0 radical (unpaired) electrons.